The number of rotatable bonds is 6. The molecule has 3 aromatic rings. The zero-order valence-corrected chi connectivity index (χ0v) is 18.8. The summed E-state index contributed by atoms with van der Waals surface area (Å²) in [4.78, 5) is 17.6. The second-order valence-corrected chi connectivity index (χ2v) is 8.63. The molecule has 1 aliphatic heterocycles. The molecule has 1 aromatic heterocycles. The van der Waals surface area contributed by atoms with Crippen LogP contribution in [0.2, 0.25) is 0 Å². The third-order valence-electron chi connectivity index (χ3n) is 6.45. The Morgan fingerprint density at radius 1 is 1.12 bits per heavy atom. The first-order valence-corrected chi connectivity index (χ1v) is 11.0. The van der Waals surface area contributed by atoms with Gasteiger partial charge in [0.2, 0.25) is 5.91 Å². The Morgan fingerprint density at radius 2 is 1.84 bits per heavy atom. The van der Waals surface area contributed by atoms with Crippen LogP contribution >= 0.6 is 0 Å². The summed E-state index contributed by atoms with van der Waals surface area (Å²) in [5, 5.41) is 13.5. The van der Waals surface area contributed by atoms with Crippen molar-refractivity contribution in [3.63, 3.8) is 0 Å². The smallest absolute Gasteiger partial charge is 0.219 e. The van der Waals surface area contributed by atoms with Crippen LogP contribution < -0.4 is 0 Å². The van der Waals surface area contributed by atoms with Crippen LogP contribution in [0, 0.1) is 13.8 Å². The zero-order valence-electron chi connectivity index (χ0n) is 18.8. The molecular formula is C27H29N3O2. The van der Waals surface area contributed by atoms with Crippen LogP contribution in [0.3, 0.4) is 0 Å². The molecule has 1 fully saturated rings. The maximum atomic E-state index is 11.5. The Hall–Kier alpha value is -3.47. The largest absolute Gasteiger partial charge is 0.411 e. The number of oxime groups is 1. The molecule has 5 nitrogen and oxygen atoms in total. The summed E-state index contributed by atoms with van der Waals surface area (Å²) in [6.45, 7) is 7.26. The van der Waals surface area contributed by atoms with E-state index < -0.39 is 0 Å². The van der Waals surface area contributed by atoms with E-state index >= 15 is 0 Å². The minimum absolute atomic E-state index is 0.0553. The summed E-state index contributed by atoms with van der Waals surface area (Å²) < 4.78 is 0. The summed E-state index contributed by atoms with van der Waals surface area (Å²) >= 11 is 0. The number of hydrogen-bond acceptors (Lipinski definition) is 4. The molecule has 0 spiro atoms. The van der Waals surface area contributed by atoms with E-state index in [0.29, 0.717) is 18.1 Å². The number of carbonyl (C=O) groups excluding carboxylic acids is 1. The van der Waals surface area contributed by atoms with Crippen molar-refractivity contribution >= 4 is 11.6 Å². The van der Waals surface area contributed by atoms with Gasteiger partial charge >= 0.3 is 0 Å². The van der Waals surface area contributed by atoms with Crippen LogP contribution in [0.15, 0.2) is 72.0 Å². The van der Waals surface area contributed by atoms with E-state index in [1.165, 1.54) is 22.3 Å². The van der Waals surface area contributed by atoms with Crippen molar-refractivity contribution in [2.75, 3.05) is 13.1 Å². The van der Waals surface area contributed by atoms with Crippen LogP contribution in [0.4, 0.5) is 0 Å². The Kier molecular flexibility index (Phi) is 6.35. The summed E-state index contributed by atoms with van der Waals surface area (Å²) in [7, 11) is 0. The van der Waals surface area contributed by atoms with Gasteiger partial charge in [0, 0.05) is 55.7 Å². The van der Waals surface area contributed by atoms with Gasteiger partial charge < -0.3 is 10.1 Å². The maximum absolute atomic E-state index is 11.5. The average Bonchev–Trinajstić information content (AvgIpc) is 2.75. The van der Waals surface area contributed by atoms with E-state index in [-0.39, 0.29) is 11.8 Å². The fourth-order valence-electron chi connectivity index (χ4n) is 4.47. The fraction of sp³-hybridized carbons (Fsp3) is 0.296. The zero-order chi connectivity index (χ0) is 22.7. The molecule has 5 heteroatoms. The number of aromatic nitrogens is 1. The highest BCUT2D eigenvalue weighted by atomic mass is 16.4. The maximum Gasteiger partial charge on any atom is 0.219 e. The molecular weight excluding hydrogens is 398 g/mol. The third kappa shape index (κ3) is 4.57. The highest BCUT2D eigenvalue weighted by Gasteiger charge is 2.30. The SMILES string of the molecule is CC(=O)N1CC(c2ccc([C@@H](C/C(=N/O)c3ccnc(C)c3)c3ccccc3C)cc2)C1. The molecule has 2 heterocycles. The lowest BCUT2D eigenvalue weighted by Crippen LogP contribution is -2.47. The second-order valence-electron chi connectivity index (χ2n) is 8.63. The molecule has 1 N–H and O–H groups in total. The van der Waals surface area contributed by atoms with Gasteiger partial charge in [-0.3, -0.25) is 9.78 Å². The van der Waals surface area contributed by atoms with Gasteiger partial charge in [-0.15, -0.1) is 0 Å². The minimum Gasteiger partial charge on any atom is -0.411 e. The monoisotopic (exact) mass is 427 g/mol. The van der Waals surface area contributed by atoms with Gasteiger partial charge in [0.1, 0.15) is 0 Å². The van der Waals surface area contributed by atoms with E-state index in [1.54, 1.807) is 13.1 Å². The van der Waals surface area contributed by atoms with Crippen LogP contribution in [-0.2, 0) is 4.79 Å². The van der Waals surface area contributed by atoms with Crippen molar-refractivity contribution in [3.8, 4) is 0 Å². The van der Waals surface area contributed by atoms with Gasteiger partial charge in [-0.25, -0.2) is 0 Å². The van der Waals surface area contributed by atoms with Gasteiger partial charge in [0.05, 0.1) is 5.71 Å². The van der Waals surface area contributed by atoms with Gasteiger partial charge in [-0.2, -0.15) is 0 Å². The standard InChI is InChI=1S/C27H29N3O2/c1-18-6-4-5-7-25(18)26(15-27(29-32)23-12-13-28-19(2)14-23)22-10-8-21(9-11-22)24-16-30(17-24)20(3)31/h4-14,24,26,32H,15-17H2,1-3H3/b29-27-/t26-/m1/s1. The molecule has 2 aromatic carbocycles. The van der Waals surface area contributed by atoms with Crippen molar-refractivity contribution in [1.82, 2.24) is 9.88 Å². The van der Waals surface area contributed by atoms with Crippen molar-refractivity contribution in [1.29, 1.82) is 0 Å². The number of carbonyl (C=O) groups is 1. The predicted octanol–water partition coefficient (Wildman–Crippen LogP) is 5.04. The molecule has 0 bridgehead atoms. The minimum atomic E-state index is 0.0553. The first-order chi connectivity index (χ1) is 15.5. The molecule has 32 heavy (non-hydrogen) atoms. The normalized spacial score (nSPS) is 15.3. The van der Waals surface area contributed by atoms with Crippen LogP contribution in [0.25, 0.3) is 0 Å². The predicted molar refractivity (Wildman–Crippen MR) is 126 cm³/mol. The molecule has 0 saturated carbocycles. The molecule has 1 saturated heterocycles. The lowest BCUT2D eigenvalue weighted by molar-refractivity contribution is -0.133. The quantitative estimate of drug-likeness (QED) is 0.340. The summed E-state index contributed by atoms with van der Waals surface area (Å²) in [5.74, 6) is 0.596. The molecule has 1 aliphatic rings. The third-order valence-corrected chi connectivity index (χ3v) is 6.45. The fourth-order valence-corrected chi connectivity index (χ4v) is 4.47. The van der Waals surface area contributed by atoms with Gasteiger partial charge in [-0.1, -0.05) is 53.7 Å². The number of hydrogen-bond donors (Lipinski definition) is 1. The molecule has 164 valence electrons. The highest BCUT2D eigenvalue weighted by molar-refractivity contribution is 6.01. The number of pyridine rings is 1. The van der Waals surface area contributed by atoms with E-state index in [9.17, 15) is 10.0 Å². The summed E-state index contributed by atoms with van der Waals surface area (Å²) in [6.07, 6.45) is 2.32. The van der Waals surface area contributed by atoms with Crippen molar-refractivity contribution in [2.24, 2.45) is 5.16 Å². The highest BCUT2D eigenvalue weighted by Crippen LogP contribution is 2.34. The van der Waals surface area contributed by atoms with Crippen LogP contribution in [-0.4, -0.2) is 39.8 Å². The number of aryl methyl sites for hydroxylation is 2. The Morgan fingerprint density at radius 3 is 2.47 bits per heavy atom. The van der Waals surface area contributed by atoms with E-state index in [2.05, 4.69) is 59.5 Å². The summed E-state index contributed by atoms with van der Waals surface area (Å²) in [5.41, 5.74) is 7.28. The first kappa shape index (κ1) is 21.8. The Balaban J connectivity index is 1.63. The Bertz CT molecular complexity index is 1130. The van der Waals surface area contributed by atoms with Gasteiger partial charge in [0.15, 0.2) is 0 Å². The molecule has 0 radical (unpaired) electrons. The number of nitrogens with zero attached hydrogens (tertiary/aromatic N) is 3. The van der Waals surface area contributed by atoms with Crippen LogP contribution in [0.5, 0.6) is 0 Å². The van der Waals surface area contributed by atoms with Gasteiger partial charge in [0.25, 0.3) is 0 Å². The van der Waals surface area contributed by atoms with Crippen LogP contribution in [0.1, 0.15) is 58.7 Å². The number of amides is 1. The van der Waals surface area contributed by atoms with E-state index in [4.69, 9.17) is 0 Å². The van der Waals surface area contributed by atoms with E-state index in [0.717, 1.165) is 24.3 Å². The molecule has 0 unspecified atom stereocenters. The Labute approximate surface area is 189 Å². The van der Waals surface area contributed by atoms with Gasteiger partial charge in [-0.05, 0) is 48.2 Å². The molecule has 1 atom stereocenters. The average molecular weight is 428 g/mol. The van der Waals surface area contributed by atoms with E-state index in [1.807, 2.05) is 30.0 Å². The lowest BCUT2D eigenvalue weighted by atomic mass is 9.82. The lowest BCUT2D eigenvalue weighted by Gasteiger charge is -2.39. The molecule has 0 aliphatic carbocycles. The molecule has 1 amide bonds. The molecule has 4 rings (SSSR count). The second kappa shape index (κ2) is 9.35. The number of likely N-dealkylation sites (tertiary alicyclic amines) is 1. The topological polar surface area (TPSA) is 65.8 Å². The first-order valence-electron chi connectivity index (χ1n) is 11.0. The summed E-state index contributed by atoms with van der Waals surface area (Å²) in [6, 6.07) is 20.9. The van der Waals surface area contributed by atoms with Crippen molar-refractivity contribution in [2.45, 2.75) is 39.0 Å². The number of benzene rings is 2. The van der Waals surface area contributed by atoms with Crippen molar-refractivity contribution in [3.05, 3.63) is 100 Å². The van der Waals surface area contributed by atoms with Crippen molar-refractivity contribution < 1.29 is 10.0 Å².